The van der Waals surface area contributed by atoms with Crippen LogP contribution in [-0.2, 0) is 0 Å². The predicted octanol–water partition coefficient (Wildman–Crippen LogP) is 4.78. The summed E-state index contributed by atoms with van der Waals surface area (Å²) in [5.74, 6) is -1.99. The lowest BCUT2D eigenvalue weighted by Gasteiger charge is -2.09. The lowest BCUT2D eigenvalue weighted by Crippen LogP contribution is -1.94. The minimum Gasteiger partial charge on any atom is -0.451 e. The summed E-state index contributed by atoms with van der Waals surface area (Å²) in [4.78, 5) is 0. The fraction of sp³-hybridized carbons (Fsp3) is 0. The van der Waals surface area contributed by atoms with Crippen LogP contribution in [-0.4, -0.2) is 0 Å². The zero-order valence-corrected chi connectivity index (χ0v) is 10.8. The molecule has 0 amide bonds. The Kier molecular flexibility index (Phi) is 3.25. The Hall–Kier alpha value is -2.93. The molecule has 0 saturated carbocycles. The van der Waals surface area contributed by atoms with Gasteiger partial charge < -0.3 is 4.74 Å². The molecule has 102 valence electrons. The van der Waals surface area contributed by atoms with Crippen molar-refractivity contribution in [1.29, 1.82) is 5.26 Å². The van der Waals surface area contributed by atoms with Gasteiger partial charge in [0.15, 0.2) is 17.4 Å². The summed E-state index contributed by atoms with van der Waals surface area (Å²) in [5, 5.41) is 10.6. The Balaban J connectivity index is 2.01. The molecule has 0 unspecified atom stereocenters. The number of fused-ring (bicyclic) bond motifs is 1. The van der Waals surface area contributed by atoms with Crippen LogP contribution in [0.1, 0.15) is 5.56 Å². The molecule has 0 spiro atoms. The van der Waals surface area contributed by atoms with Gasteiger partial charge in [-0.3, -0.25) is 0 Å². The second-order valence-electron chi connectivity index (χ2n) is 4.49. The average Bonchev–Trinajstić information content (AvgIpc) is 2.50. The molecule has 0 bridgehead atoms. The Morgan fingerprint density at radius 3 is 2.19 bits per heavy atom. The summed E-state index contributed by atoms with van der Waals surface area (Å²) < 4.78 is 32.9. The van der Waals surface area contributed by atoms with Crippen LogP contribution in [0.3, 0.4) is 0 Å². The summed E-state index contributed by atoms with van der Waals surface area (Å²) >= 11 is 0. The lowest BCUT2D eigenvalue weighted by atomic mass is 10.1. The molecule has 0 aliphatic carbocycles. The molecule has 3 aromatic rings. The van der Waals surface area contributed by atoms with Crippen LogP contribution in [0.15, 0.2) is 54.6 Å². The van der Waals surface area contributed by atoms with E-state index in [0.29, 0.717) is 5.75 Å². The van der Waals surface area contributed by atoms with Crippen LogP contribution in [0.5, 0.6) is 11.5 Å². The average molecular weight is 281 g/mol. The third-order valence-corrected chi connectivity index (χ3v) is 3.07. The molecular weight excluding hydrogens is 272 g/mol. The van der Waals surface area contributed by atoms with Crippen molar-refractivity contribution in [1.82, 2.24) is 0 Å². The number of benzene rings is 3. The van der Waals surface area contributed by atoms with Crippen LogP contribution in [0.4, 0.5) is 8.78 Å². The van der Waals surface area contributed by atoms with E-state index in [4.69, 9.17) is 10.00 Å². The quantitative estimate of drug-likeness (QED) is 0.677. The van der Waals surface area contributed by atoms with E-state index in [1.54, 1.807) is 18.2 Å². The number of halogens is 2. The van der Waals surface area contributed by atoms with Gasteiger partial charge in [0.1, 0.15) is 5.75 Å². The van der Waals surface area contributed by atoms with Crippen molar-refractivity contribution in [2.24, 2.45) is 0 Å². The third-order valence-electron chi connectivity index (χ3n) is 3.07. The van der Waals surface area contributed by atoms with E-state index in [0.717, 1.165) is 22.9 Å². The van der Waals surface area contributed by atoms with Gasteiger partial charge in [0, 0.05) is 0 Å². The number of hydrogen-bond acceptors (Lipinski definition) is 2. The maximum absolute atomic E-state index is 13.8. The predicted molar refractivity (Wildman–Crippen MR) is 75.1 cm³/mol. The summed E-state index contributed by atoms with van der Waals surface area (Å²) in [7, 11) is 0. The maximum Gasteiger partial charge on any atom is 0.198 e. The van der Waals surface area contributed by atoms with Crippen molar-refractivity contribution < 1.29 is 13.5 Å². The lowest BCUT2D eigenvalue weighted by molar-refractivity contribution is 0.407. The molecule has 0 fully saturated rings. The van der Waals surface area contributed by atoms with E-state index in [-0.39, 0.29) is 5.56 Å². The molecule has 0 N–H and O–H groups in total. The van der Waals surface area contributed by atoms with Crippen molar-refractivity contribution in [3.8, 4) is 17.6 Å². The summed E-state index contributed by atoms with van der Waals surface area (Å²) in [6.07, 6.45) is 0. The van der Waals surface area contributed by atoms with Crippen LogP contribution in [0.25, 0.3) is 10.8 Å². The van der Waals surface area contributed by atoms with Gasteiger partial charge in [-0.1, -0.05) is 30.3 Å². The van der Waals surface area contributed by atoms with Gasteiger partial charge in [-0.25, -0.2) is 8.78 Å². The molecule has 0 aliphatic heterocycles. The van der Waals surface area contributed by atoms with Crippen molar-refractivity contribution in [2.45, 2.75) is 0 Å². The summed E-state index contributed by atoms with van der Waals surface area (Å²) in [6, 6.07) is 16.3. The minimum atomic E-state index is -0.903. The maximum atomic E-state index is 13.8. The van der Waals surface area contributed by atoms with Crippen molar-refractivity contribution >= 4 is 10.8 Å². The molecular formula is C17H9F2NO. The fourth-order valence-electron chi connectivity index (χ4n) is 2.07. The molecule has 0 aromatic heterocycles. The van der Waals surface area contributed by atoms with E-state index in [9.17, 15) is 8.78 Å². The molecule has 3 rings (SSSR count). The largest absolute Gasteiger partial charge is 0.451 e. The van der Waals surface area contributed by atoms with Crippen LogP contribution in [0.2, 0.25) is 0 Å². The zero-order chi connectivity index (χ0) is 14.8. The molecule has 4 heteroatoms. The van der Waals surface area contributed by atoms with Gasteiger partial charge in [0.05, 0.1) is 11.6 Å². The molecule has 0 aliphatic rings. The van der Waals surface area contributed by atoms with Crippen molar-refractivity contribution in [2.75, 3.05) is 0 Å². The second-order valence-corrected chi connectivity index (χ2v) is 4.49. The van der Waals surface area contributed by atoms with Crippen LogP contribution in [0, 0.1) is 23.0 Å². The van der Waals surface area contributed by atoms with Gasteiger partial charge >= 0.3 is 0 Å². The minimum absolute atomic E-state index is 0.0872. The normalized spacial score (nSPS) is 10.3. The summed E-state index contributed by atoms with van der Waals surface area (Å²) in [5.41, 5.74) is -0.0872. The van der Waals surface area contributed by atoms with E-state index in [1.165, 1.54) is 0 Å². The highest BCUT2D eigenvalue weighted by molar-refractivity contribution is 5.83. The first kappa shape index (κ1) is 13.1. The van der Waals surface area contributed by atoms with E-state index in [2.05, 4.69) is 0 Å². The molecule has 3 aromatic carbocycles. The van der Waals surface area contributed by atoms with Gasteiger partial charge in [0.25, 0.3) is 0 Å². The van der Waals surface area contributed by atoms with Crippen molar-refractivity contribution in [3.63, 3.8) is 0 Å². The standard InChI is InChI=1S/C17H9F2NO/c18-15-7-11(10-20)8-16(19)17(15)21-14-6-5-12-3-1-2-4-13(12)9-14/h1-9H. The molecule has 0 saturated heterocycles. The number of ether oxygens (including phenoxy) is 1. The van der Waals surface area contributed by atoms with Gasteiger partial charge in [-0.05, 0) is 35.0 Å². The van der Waals surface area contributed by atoms with Gasteiger partial charge in [-0.2, -0.15) is 5.26 Å². The van der Waals surface area contributed by atoms with E-state index in [1.807, 2.05) is 30.3 Å². The number of hydrogen-bond donors (Lipinski definition) is 0. The topological polar surface area (TPSA) is 33.0 Å². The molecule has 0 atom stereocenters. The highest BCUT2D eigenvalue weighted by Crippen LogP contribution is 2.30. The SMILES string of the molecule is N#Cc1cc(F)c(Oc2ccc3ccccc3c2)c(F)c1. The zero-order valence-electron chi connectivity index (χ0n) is 10.8. The summed E-state index contributed by atoms with van der Waals surface area (Å²) in [6.45, 7) is 0. The van der Waals surface area contributed by atoms with E-state index >= 15 is 0 Å². The monoisotopic (exact) mass is 281 g/mol. The molecule has 2 nitrogen and oxygen atoms in total. The first-order chi connectivity index (χ1) is 10.2. The Morgan fingerprint density at radius 2 is 1.52 bits per heavy atom. The first-order valence-electron chi connectivity index (χ1n) is 6.23. The Bertz CT molecular complexity index is 845. The molecule has 0 radical (unpaired) electrons. The molecule has 21 heavy (non-hydrogen) atoms. The van der Waals surface area contributed by atoms with Gasteiger partial charge in [0.2, 0.25) is 0 Å². The number of rotatable bonds is 2. The highest BCUT2D eigenvalue weighted by atomic mass is 19.1. The fourth-order valence-corrected chi connectivity index (χ4v) is 2.07. The highest BCUT2D eigenvalue weighted by Gasteiger charge is 2.13. The molecule has 0 heterocycles. The second kappa shape index (κ2) is 5.22. The smallest absolute Gasteiger partial charge is 0.198 e. The van der Waals surface area contributed by atoms with Crippen molar-refractivity contribution in [3.05, 3.63) is 71.8 Å². The van der Waals surface area contributed by atoms with Crippen LogP contribution >= 0.6 is 0 Å². The van der Waals surface area contributed by atoms with Gasteiger partial charge in [-0.15, -0.1) is 0 Å². The third kappa shape index (κ3) is 2.54. The number of nitrogens with zero attached hydrogens (tertiary/aromatic N) is 1. The Labute approximate surface area is 119 Å². The Morgan fingerprint density at radius 1 is 0.857 bits per heavy atom. The number of nitriles is 1. The first-order valence-corrected chi connectivity index (χ1v) is 6.23. The van der Waals surface area contributed by atoms with E-state index < -0.39 is 17.4 Å². The van der Waals surface area contributed by atoms with Crippen LogP contribution < -0.4 is 4.74 Å².